The Hall–Kier alpha value is -1.39. The van der Waals surface area contributed by atoms with Gasteiger partial charge in [-0.1, -0.05) is 26.0 Å². The molecule has 2 unspecified atom stereocenters. The summed E-state index contributed by atoms with van der Waals surface area (Å²) in [6.45, 7) is 7.33. The summed E-state index contributed by atoms with van der Waals surface area (Å²) in [4.78, 5) is 12.1. The number of nitrogens with two attached hydrogens (primary N) is 1. The number of amides is 1. The van der Waals surface area contributed by atoms with Gasteiger partial charge in [0.2, 0.25) is 5.91 Å². The van der Waals surface area contributed by atoms with Gasteiger partial charge in [0, 0.05) is 17.6 Å². The summed E-state index contributed by atoms with van der Waals surface area (Å²) in [6.07, 6.45) is 0.975. The van der Waals surface area contributed by atoms with E-state index in [4.69, 9.17) is 10.5 Å². The van der Waals surface area contributed by atoms with Crippen molar-refractivity contribution in [2.24, 2.45) is 11.7 Å². The summed E-state index contributed by atoms with van der Waals surface area (Å²) < 4.78 is 5.43. The van der Waals surface area contributed by atoms with Crippen LogP contribution in [-0.4, -0.2) is 25.2 Å². The number of benzene rings is 1. The summed E-state index contributed by atoms with van der Waals surface area (Å²) in [7, 11) is 0. The van der Waals surface area contributed by atoms with E-state index in [-0.39, 0.29) is 23.3 Å². The molecule has 1 amide bonds. The van der Waals surface area contributed by atoms with Gasteiger partial charge in [-0.15, -0.1) is 0 Å². The molecular formula is C16H24N2O2. The molecule has 2 atom stereocenters. The van der Waals surface area contributed by atoms with Gasteiger partial charge >= 0.3 is 0 Å². The second-order valence-corrected chi connectivity index (χ2v) is 6.23. The van der Waals surface area contributed by atoms with Gasteiger partial charge in [0.1, 0.15) is 0 Å². The normalized spacial score (nSPS) is 22.8. The van der Waals surface area contributed by atoms with E-state index in [1.54, 1.807) is 0 Å². The van der Waals surface area contributed by atoms with Crippen molar-refractivity contribution >= 4 is 11.6 Å². The van der Waals surface area contributed by atoms with Crippen LogP contribution in [0, 0.1) is 5.92 Å². The first-order valence-electron chi connectivity index (χ1n) is 7.15. The lowest BCUT2D eigenvalue weighted by Gasteiger charge is -2.23. The smallest absolute Gasteiger partial charge is 0.229 e. The highest BCUT2D eigenvalue weighted by Crippen LogP contribution is 2.24. The van der Waals surface area contributed by atoms with Crippen LogP contribution in [-0.2, 0) is 14.9 Å². The molecule has 0 radical (unpaired) electrons. The standard InChI is InChI=1S/C16H24N2O2/c1-11-8-12(9-20-11)15(19)18-14-6-4-13(5-7-14)16(2,3)10-17/h4-7,11-12H,8-10,17H2,1-3H3,(H,18,19). The molecule has 110 valence electrons. The van der Waals surface area contributed by atoms with Gasteiger partial charge in [-0.3, -0.25) is 4.79 Å². The van der Waals surface area contributed by atoms with Crippen LogP contribution in [0.25, 0.3) is 0 Å². The van der Waals surface area contributed by atoms with E-state index < -0.39 is 0 Å². The lowest BCUT2D eigenvalue weighted by atomic mass is 9.85. The molecule has 2 rings (SSSR count). The Balaban J connectivity index is 1.99. The largest absolute Gasteiger partial charge is 0.378 e. The lowest BCUT2D eigenvalue weighted by Crippen LogP contribution is -2.28. The first kappa shape index (κ1) is 15.0. The molecule has 0 spiro atoms. The molecule has 1 fully saturated rings. The Morgan fingerprint density at radius 2 is 2.05 bits per heavy atom. The number of anilines is 1. The zero-order chi connectivity index (χ0) is 14.8. The van der Waals surface area contributed by atoms with E-state index >= 15 is 0 Å². The Bertz CT molecular complexity index is 468. The zero-order valence-corrected chi connectivity index (χ0v) is 12.5. The van der Waals surface area contributed by atoms with E-state index in [9.17, 15) is 4.79 Å². The van der Waals surface area contributed by atoms with Crippen molar-refractivity contribution in [2.75, 3.05) is 18.5 Å². The molecule has 0 aliphatic carbocycles. The Labute approximate surface area is 120 Å². The molecule has 20 heavy (non-hydrogen) atoms. The highest BCUT2D eigenvalue weighted by Gasteiger charge is 2.28. The van der Waals surface area contributed by atoms with Gasteiger partial charge in [-0.05, 0) is 31.0 Å². The van der Waals surface area contributed by atoms with Gasteiger partial charge in [0.15, 0.2) is 0 Å². The van der Waals surface area contributed by atoms with Gasteiger partial charge in [0.25, 0.3) is 0 Å². The number of hydrogen-bond acceptors (Lipinski definition) is 3. The second kappa shape index (κ2) is 5.94. The van der Waals surface area contributed by atoms with E-state index in [1.807, 2.05) is 31.2 Å². The van der Waals surface area contributed by atoms with Crippen LogP contribution in [0.1, 0.15) is 32.8 Å². The topological polar surface area (TPSA) is 64.4 Å². The van der Waals surface area contributed by atoms with Crippen LogP contribution in [0.4, 0.5) is 5.69 Å². The fourth-order valence-corrected chi connectivity index (χ4v) is 2.37. The molecule has 3 N–H and O–H groups in total. The van der Waals surface area contributed by atoms with E-state index in [0.717, 1.165) is 12.1 Å². The molecule has 0 saturated carbocycles. The highest BCUT2D eigenvalue weighted by molar-refractivity contribution is 5.92. The van der Waals surface area contributed by atoms with E-state index in [2.05, 4.69) is 19.2 Å². The van der Waals surface area contributed by atoms with Gasteiger partial charge in [0.05, 0.1) is 18.6 Å². The number of nitrogens with one attached hydrogen (secondary N) is 1. The highest BCUT2D eigenvalue weighted by atomic mass is 16.5. The molecule has 0 bridgehead atoms. The van der Waals surface area contributed by atoms with Crippen molar-refractivity contribution < 1.29 is 9.53 Å². The fraction of sp³-hybridized carbons (Fsp3) is 0.562. The summed E-state index contributed by atoms with van der Waals surface area (Å²) in [6, 6.07) is 7.92. The van der Waals surface area contributed by atoms with Crippen molar-refractivity contribution in [3.8, 4) is 0 Å². The van der Waals surface area contributed by atoms with E-state index in [0.29, 0.717) is 13.2 Å². The number of hydrogen-bond donors (Lipinski definition) is 2. The quantitative estimate of drug-likeness (QED) is 0.886. The number of ether oxygens (including phenoxy) is 1. The molecule has 1 heterocycles. The van der Waals surface area contributed by atoms with Crippen LogP contribution in [0.5, 0.6) is 0 Å². The third-order valence-corrected chi connectivity index (χ3v) is 4.01. The van der Waals surface area contributed by atoms with Crippen molar-refractivity contribution in [1.29, 1.82) is 0 Å². The minimum atomic E-state index is -0.0444. The van der Waals surface area contributed by atoms with Gasteiger partial charge in [-0.2, -0.15) is 0 Å². The summed E-state index contributed by atoms with van der Waals surface area (Å²) in [5.41, 5.74) is 7.73. The van der Waals surface area contributed by atoms with Crippen LogP contribution in [0.15, 0.2) is 24.3 Å². The second-order valence-electron chi connectivity index (χ2n) is 6.23. The molecule has 1 aromatic rings. The van der Waals surface area contributed by atoms with Gasteiger partial charge in [-0.25, -0.2) is 0 Å². The van der Waals surface area contributed by atoms with Crippen LogP contribution in [0.3, 0.4) is 0 Å². The first-order chi connectivity index (χ1) is 9.42. The molecule has 1 aliphatic rings. The fourth-order valence-electron chi connectivity index (χ4n) is 2.37. The molecule has 4 heteroatoms. The van der Waals surface area contributed by atoms with Gasteiger partial charge < -0.3 is 15.8 Å². The lowest BCUT2D eigenvalue weighted by molar-refractivity contribution is -0.119. The zero-order valence-electron chi connectivity index (χ0n) is 12.5. The molecule has 1 aliphatic heterocycles. The summed E-state index contributed by atoms with van der Waals surface area (Å²) in [5, 5.41) is 2.95. The molecule has 0 aromatic heterocycles. The maximum Gasteiger partial charge on any atom is 0.229 e. The van der Waals surface area contributed by atoms with E-state index in [1.165, 1.54) is 5.56 Å². The van der Waals surface area contributed by atoms with Crippen molar-refractivity contribution in [1.82, 2.24) is 0 Å². The monoisotopic (exact) mass is 276 g/mol. The van der Waals surface area contributed by atoms with Crippen molar-refractivity contribution in [3.05, 3.63) is 29.8 Å². The third kappa shape index (κ3) is 3.38. The predicted octanol–water partition coefficient (Wildman–Crippen LogP) is 2.29. The molecular weight excluding hydrogens is 252 g/mol. The predicted molar refractivity (Wildman–Crippen MR) is 80.7 cm³/mol. The average Bonchev–Trinajstić information content (AvgIpc) is 2.86. The number of rotatable bonds is 4. The molecule has 1 saturated heterocycles. The van der Waals surface area contributed by atoms with Crippen LogP contribution >= 0.6 is 0 Å². The Morgan fingerprint density at radius 3 is 2.55 bits per heavy atom. The SMILES string of the molecule is CC1CC(C(=O)Nc2ccc(C(C)(C)CN)cc2)CO1. The maximum absolute atomic E-state index is 12.1. The third-order valence-electron chi connectivity index (χ3n) is 4.01. The van der Waals surface area contributed by atoms with Crippen molar-refractivity contribution in [2.45, 2.75) is 38.7 Å². The molecule has 1 aromatic carbocycles. The minimum Gasteiger partial charge on any atom is -0.378 e. The van der Waals surface area contributed by atoms with Crippen LogP contribution < -0.4 is 11.1 Å². The first-order valence-corrected chi connectivity index (χ1v) is 7.15. The Morgan fingerprint density at radius 1 is 1.40 bits per heavy atom. The molecule has 4 nitrogen and oxygen atoms in total. The summed E-state index contributed by atoms with van der Waals surface area (Å²) in [5.74, 6) is 0.00495. The Kier molecular flexibility index (Phi) is 4.45. The average molecular weight is 276 g/mol. The number of carbonyl (C=O) groups is 1. The minimum absolute atomic E-state index is 0.0369. The van der Waals surface area contributed by atoms with Crippen molar-refractivity contribution in [3.63, 3.8) is 0 Å². The maximum atomic E-state index is 12.1. The summed E-state index contributed by atoms with van der Waals surface area (Å²) >= 11 is 0. The van der Waals surface area contributed by atoms with Crippen LogP contribution in [0.2, 0.25) is 0 Å². The number of carbonyl (C=O) groups excluding carboxylic acids is 1.